The van der Waals surface area contributed by atoms with Crippen LogP contribution in [0.25, 0.3) is 0 Å². The Bertz CT molecular complexity index is 469. The third-order valence-electron chi connectivity index (χ3n) is 4.92. The molecule has 0 N–H and O–H groups in total. The van der Waals surface area contributed by atoms with Crippen molar-refractivity contribution in [2.45, 2.75) is 44.0 Å². The molecule has 3 aliphatic rings. The molecule has 1 spiro atoms. The van der Waals surface area contributed by atoms with Crippen molar-refractivity contribution in [1.82, 2.24) is 9.88 Å². The van der Waals surface area contributed by atoms with Gasteiger partial charge in [-0.1, -0.05) is 0 Å². The maximum absolute atomic E-state index is 6.10. The molecule has 21 heavy (non-hydrogen) atoms. The van der Waals surface area contributed by atoms with Gasteiger partial charge in [-0.15, -0.1) is 0 Å². The number of nitrogens with zero attached hydrogens (tertiary/aromatic N) is 2. The first-order valence-corrected chi connectivity index (χ1v) is 8.18. The Morgan fingerprint density at radius 1 is 1.24 bits per heavy atom. The second kappa shape index (κ2) is 5.67. The van der Waals surface area contributed by atoms with Crippen LogP contribution in [0.3, 0.4) is 0 Å². The zero-order valence-corrected chi connectivity index (χ0v) is 12.5. The minimum absolute atomic E-state index is 0.0933. The highest BCUT2D eigenvalue weighted by molar-refractivity contribution is 5.08. The molecule has 3 heterocycles. The lowest BCUT2D eigenvalue weighted by atomic mass is 9.84. The summed E-state index contributed by atoms with van der Waals surface area (Å²) in [7, 11) is 0. The van der Waals surface area contributed by atoms with Crippen LogP contribution in [0, 0.1) is 5.92 Å². The lowest BCUT2D eigenvalue weighted by Crippen LogP contribution is -2.66. The van der Waals surface area contributed by atoms with Crippen LogP contribution in [0.2, 0.25) is 0 Å². The molecular weight excluding hydrogens is 264 g/mol. The molecule has 1 atom stereocenters. The number of hydrogen-bond acceptors (Lipinski definition) is 4. The van der Waals surface area contributed by atoms with E-state index in [0.29, 0.717) is 12.7 Å². The molecule has 4 nitrogen and oxygen atoms in total. The van der Waals surface area contributed by atoms with Gasteiger partial charge < -0.3 is 9.47 Å². The van der Waals surface area contributed by atoms with Gasteiger partial charge in [-0.3, -0.25) is 9.88 Å². The van der Waals surface area contributed by atoms with E-state index >= 15 is 0 Å². The lowest BCUT2D eigenvalue weighted by molar-refractivity contribution is -0.199. The standard InChI is InChI=1S/C17H24N2O2/c1-2-14(1)10-19-12-17(13-19)9-16(5-8-21-17)20-11-15-3-6-18-7-4-15/h3-4,6-7,14,16H,1-2,5,8-13H2/t16-/m1/s1. The molecule has 0 amide bonds. The summed E-state index contributed by atoms with van der Waals surface area (Å²) in [5, 5.41) is 0. The zero-order chi connectivity index (χ0) is 14.1. The van der Waals surface area contributed by atoms with E-state index in [-0.39, 0.29) is 5.60 Å². The average Bonchev–Trinajstić information content (AvgIpc) is 3.29. The number of pyridine rings is 1. The Labute approximate surface area is 126 Å². The van der Waals surface area contributed by atoms with Gasteiger partial charge in [0, 0.05) is 45.1 Å². The van der Waals surface area contributed by atoms with Crippen molar-refractivity contribution in [3.8, 4) is 0 Å². The molecule has 0 unspecified atom stereocenters. The van der Waals surface area contributed by atoms with Gasteiger partial charge >= 0.3 is 0 Å². The van der Waals surface area contributed by atoms with Gasteiger partial charge in [0.1, 0.15) is 0 Å². The predicted octanol–water partition coefficient (Wildman–Crippen LogP) is 2.24. The Hall–Kier alpha value is -0.970. The highest BCUT2D eigenvalue weighted by Crippen LogP contribution is 2.38. The highest BCUT2D eigenvalue weighted by atomic mass is 16.5. The van der Waals surface area contributed by atoms with Crippen molar-refractivity contribution >= 4 is 0 Å². The van der Waals surface area contributed by atoms with Crippen LogP contribution in [0.15, 0.2) is 24.5 Å². The van der Waals surface area contributed by atoms with Crippen molar-refractivity contribution in [2.75, 3.05) is 26.2 Å². The number of likely N-dealkylation sites (tertiary alicyclic amines) is 1. The van der Waals surface area contributed by atoms with Crippen molar-refractivity contribution in [3.05, 3.63) is 30.1 Å². The van der Waals surface area contributed by atoms with E-state index in [1.54, 1.807) is 0 Å². The van der Waals surface area contributed by atoms with E-state index in [1.165, 1.54) is 24.9 Å². The number of aromatic nitrogens is 1. The van der Waals surface area contributed by atoms with Crippen molar-refractivity contribution < 1.29 is 9.47 Å². The summed E-state index contributed by atoms with van der Waals surface area (Å²) >= 11 is 0. The molecule has 1 aliphatic carbocycles. The van der Waals surface area contributed by atoms with E-state index in [4.69, 9.17) is 9.47 Å². The van der Waals surface area contributed by atoms with Gasteiger partial charge in [0.15, 0.2) is 0 Å². The van der Waals surface area contributed by atoms with E-state index in [9.17, 15) is 0 Å². The molecule has 1 saturated carbocycles. The molecular formula is C17H24N2O2. The maximum Gasteiger partial charge on any atom is 0.0959 e. The summed E-state index contributed by atoms with van der Waals surface area (Å²) in [5.74, 6) is 0.977. The largest absolute Gasteiger partial charge is 0.373 e. The Kier molecular flexibility index (Phi) is 3.69. The van der Waals surface area contributed by atoms with Crippen molar-refractivity contribution in [3.63, 3.8) is 0 Å². The SMILES string of the molecule is c1cc(CO[C@@H]2CCOC3(C2)CN(CC2CC2)C3)ccn1. The second-order valence-corrected chi connectivity index (χ2v) is 6.93. The first-order chi connectivity index (χ1) is 10.3. The molecule has 4 rings (SSSR count). The fourth-order valence-electron chi connectivity index (χ4n) is 3.60. The number of rotatable bonds is 5. The lowest BCUT2D eigenvalue weighted by Gasteiger charge is -2.53. The van der Waals surface area contributed by atoms with E-state index in [2.05, 4.69) is 9.88 Å². The van der Waals surface area contributed by atoms with Crippen LogP contribution in [0.4, 0.5) is 0 Å². The number of ether oxygens (including phenoxy) is 2. The molecule has 3 fully saturated rings. The summed E-state index contributed by atoms with van der Waals surface area (Å²) in [6.07, 6.45) is 8.94. The summed E-state index contributed by atoms with van der Waals surface area (Å²) in [6, 6.07) is 4.05. The van der Waals surface area contributed by atoms with Crippen molar-refractivity contribution in [1.29, 1.82) is 0 Å². The topological polar surface area (TPSA) is 34.6 Å². The molecule has 2 saturated heterocycles. The van der Waals surface area contributed by atoms with E-state index in [0.717, 1.165) is 38.5 Å². The van der Waals surface area contributed by atoms with Crippen LogP contribution >= 0.6 is 0 Å². The smallest absolute Gasteiger partial charge is 0.0959 e. The summed E-state index contributed by atoms with van der Waals surface area (Å²) in [4.78, 5) is 6.60. The summed E-state index contributed by atoms with van der Waals surface area (Å²) < 4.78 is 12.2. The zero-order valence-electron chi connectivity index (χ0n) is 12.5. The van der Waals surface area contributed by atoms with Gasteiger partial charge in [-0.25, -0.2) is 0 Å². The normalized spacial score (nSPS) is 28.5. The molecule has 2 aliphatic heterocycles. The minimum Gasteiger partial charge on any atom is -0.373 e. The van der Waals surface area contributed by atoms with E-state index in [1.807, 2.05) is 24.5 Å². The van der Waals surface area contributed by atoms with Crippen LogP contribution in [0.5, 0.6) is 0 Å². The monoisotopic (exact) mass is 288 g/mol. The Balaban J connectivity index is 1.25. The first-order valence-electron chi connectivity index (χ1n) is 8.18. The van der Waals surface area contributed by atoms with Gasteiger partial charge in [-0.05, 0) is 42.9 Å². The molecule has 0 radical (unpaired) electrons. The average molecular weight is 288 g/mol. The first kappa shape index (κ1) is 13.7. The van der Waals surface area contributed by atoms with Crippen molar-refractivity contribution in [2.24, 2.45) is 5.92 Å². The van der Waals surface area contributed by atoms with Crippen LogP contribution in [0.1, 0.15) is 31.2 Å². The third-order valence-corrected chi connectivity index (χ3v) is 4.92. The Morgan fingerprint density at radius 3 is 2.81 bits per heavy atom. The third kappa shape index (κ3) is 3.28. The Morgan fingerprint density at radius 2 is 2.05 bits per heavy atom. The molecule has 114 valence electrons. The fourth-order valence-corrected chi connectivity index (χ4v) is 3.60. The van der Waals surface area contributed by atoms with Crippen LogP contribution in [-0.4, -0.2) is 47.8 Å². The van der Waals surface area contributed by atoms with Gasteiger partial charge in [-0.2, -0.15) is 0 Å². The molecule has 1 aromatic heterocycles. The predicted molar refractivity (Wildman–Crippen MR) is 79.9 cm³/mol. The van der Waals surface area contributed by atoms with Gasteiger partial charge in [0.2, 0.25) is 0 Å². The summed E-state index contributed by atoms with van der Waals surface area (Å²) in [6.45, 7) is 5.04. The highest BCUT2D eigenvalue weighted by Gasteiger charge is 2.48. The van der Waals surface area contributed by atoms with E-state index < -0.39 is 0 Å². The minimum atomic E-state index is 0.0933. The van der Waals surface area contributed by atoms with Crippen LogP contribution < -0.4 is 0 Å². The second-order valence-electron chi connectivity index (χ2n) is 6.93. The van der Waals surface area contributed by atoms with Gasteiger partial charge in [0.05, 0.1) is 18.3 Å². The van der Waals surface area contributed by atoms with Gasteiger partial charge in [0.25, 0.3) is 0 Å². The fraction of sp³-hybridized carbons (Fsp3) is 0.706. The quantitative estimate of drug-likeness (QED) is 0.832. The number of hydrogen-bond donors (Lipinski definition) is 0. The summed E-state index contributed by atoms with van der Waals surface area (Å²) in [5.41, 5.74) is 1.30. The molecule has 4 heteroatoms. The molecule has 0 aromatic carbocycles. The molecule has 0 bridgehead atoms. The maximum atomic E-state index is 6.10. The molecule has 1 aromatic rings. The van der Waals surface area contributed by atoms with Crippen LogP contribution in [-0.2, 0) is 16.1 Å².